The Morgan fingerprint density at radius 3 is 2.55 bits per heavy atom. The molecule has 0 radical (unpaired) electrons. The van der Waals surface area contributed by atoms with E-state index in [1.165, 1.54) is 6.26 Å². The summed E-state index contributed by atoms with van der Waals surface area (Å²) in [7, 11) is -1.36. The minimum atomic E-state index is -3.18. The topological polar surface area (TPSA) is 87.3 Å². The highest BCUT2D eigenvalue weighted by Gasteiger charge is 2.29. The van der Waals surface area contributed by atoms with E-state index in [-0.39, 0.29) is 36.2 Å². The van der Waals surface area contributed by atoms with Crippen molar-refractivity contribution in [1.82, 2.24) is 15.4 Å². The maximum atomic E-state index is 11.8. The zero-order valence-electron chi connectivity index (χ0n) is 12.3. The number of rotatable bonds is 7. The first kappa shape index (κ1) is 19.6. The summed E-state index contributed by atoms with van der Waals surface area (Å²) in [6, 6.07) is -0.0464. The van der Waals surface area contributed by atoms with Crippen LogP contribution in [0.15, 0.2) is 0 Å². The van der Waals surface area contributed by atoms with E-state index < -0.39 is 10.0 Å². The van der Waals surface area contributed by atoms with Gasteiger partial charge in [-0.15, -0.1) is 12.4 Å². The predicted octanol–water partition coefficient (Wildman–Crippen LogP) is 0.0978. The smallest absolute Gasteiger partial charge is 0.224 e. The summed E-state index contributed by atoms with van der Waals surface area (Å²) >= 11 is 0. The molecule has 0 aliphatic heterocycles. The molecule has 8 heteroatoms. The minimum absolute atomic E-state index is 0. The first-order valence-electron chi connectivity index (χ1n) is 6.73. The lowest BCUT2D eigenvalue weighted by molar-refractivity contribution is -0.124. The number of amides is 1. The van der Waals surface area contributed by atoms with Gasteiger partial charge in [0.05, 0.1) is 6.26 Å². The molecule has 1 rings (SSSR count). The highest BCUT2D eigenvalue weighted by Crippen LogP contribution is 2.25. The summed E-state index contributed by atoms with van der Waals surface area (Å²) in [5.41, 5.74) is 0. The summed E-state index contributed by atoms with van der Waals surface area (Å²) in [5, 5.41) is 5.87. The third-order valence-electron chi connectivity index (χ3n) is 3.52. The molecule has 3 atom stereocenters. The molecule has 1 saturated carbocycles. The molecule has 0 heterocycles. The van der Waals surface area contributed by atoms with E-state index >= 15 is 0 Å². The van der Waals surface area contributed by atoms with Crippen molar-refractivity contribution >= 4 is 28.3 Å². The molecule has 3 unspecified atom stereocenters. The number of hydrogen-bond acceptors (Lipinski definition) is 4. The molecular weight excluding hydrogens is 302 g/mol. The summed E-state index contributed by atoms with van der Waals surface area (Å²) in [4.78, 5) is 11.8. The first-order chi connectivity index (χ1) is 8.83. The van der Waals surface area contributed by atoms with E-state index in [4.69, 9.17) is 0 Å². The van der Waals surface area contributed by atoms with Crippen molar-refractivity contribution in [3.8, 4) is 0 Å². The van der Waals surface area contributed by atoms with E-state index in [0.717, 1.165) is 19.3 Å². The minimum Gasteiger partial charge on any atom is -0.355 e. The molecule has 0 saturated heterocycles. The standard InChI is InChI=1S/C12H25N3O3S.ClH/c1-9(7-13-2)12(16)14-8-10-5-4-6-11(10)15-19(3,17)18;/h9-11,13,15H,4-8H2,1-3H3,(H,14,16);1H. The monoisotopic (exact) mass is 327 g/mol. The van der Waals surface area contributed by atoms with Crippen molar-refractivity contribution in [3.05, 3.63) is 0 Å². The van der Waals surface area contributed by atoms with Crippen LogP contribution < -0.4 is 15.4 Å². The fourth-order valence-corrected chi connectivity index (χ4v) is 3.38. The number of sulfonamides is 1. The van der Waals surface area contributed by atoms with Crippen LogP contribution in [-0.2, 0) is 14.8 Å². The van der Waals surface area contributed by atoms with Gasteiger partial charge in [-0.05, 0) is 25.8 Å². The second kappa shape index (κ2) is 8.81. The van der Waals surface area contributed by atoms with Crippen LogP contribution >= 0.6 is 12.4 Å². The SMILES string of the molecule is CNCC(C)C(=O)NCC1CCCC1NS(C)(=O)=O.Cl. The van der Waals surface area contributed by atoms with Gasteiger partial charge in [-0.2, -0.15) is 0 Å². The third-order valence-corrected chi connectivity index (χ3v) is 4.25. The second-order valence-corrected chi connectivity index (χ2v) is 7.17. The molecule has 1 amide bonds. The van der Waals surface area contributed by atoms with Gasteiger partial charge in [0, 0.05) is 25.0 Å². The first-order valence-corrected chi connectivity index (χ1v) is 8.62. The number of carbonyl (C=O) groups is 1. The molecule has 6 nitrogen and oxygen atoms in total. The molecular formula is C12H26ClN3O3S. The van der Waals surface area contributed by atoms with Gasteiger partial charge in [0.2, 0.25) is 15.9 Å². The highest BCUT2D eigenvalue weighted by molar-refractivity contribution is 7.88. The van der Waals surface area contributed by atoms with E-state index in [0.29, 0.717) is 13.1 Å². The van der Waals surface area contributed by atoms with Gasteiger partial charge in [-0.3, -0.25) is 4.79 Å². The van der Waals surface area contributed by atoms with Crippen LogP contribution in [0.1, 0.15) is 26.2 Å². The van der Waals surface area contributed by atoms with Crippen LogP contribution in [0.5, 0.6) is 0 Å². The lowest BCUT2D eigenvalue weighted by Crippen LogP contribution is -2.43. The van der Waals surface area contributed by atoms with Crippen molar-refractivity contribution in [2.24, 2.45) is 11.8 Å². The summed E-state index contributed by atoms with van der Waals surface area (Å²) in [6.45, 7) is 3.05. The molecule has 1 fully saturated rings. The van der Waals surface area contributed by atoms with Crippen molar-refractivity contribution < 1.29 is 13.2 Å². The average Bonchev–Trinajstić information content (AvgIpc) is 2.71. The average molecular weight is 328 g/mol. The molecule has 0 spiro atoms. The van der Waals surface area contributed by atoms with E-state index in [1.54, 1.807) is 0 Å². The third kappa shape index (κ3) is 6.88. The van der Waals surface area contributed by atoms with Crippen LogP contribution in [-0.4, -0.2) is 46.8 Å². The Labute approximate surface area is 127 Å². The Bertz CT molecular complexity index is 403. The molecule has 1 aliphatic carbocycles. The normalized spacial score (nSPS) is 23.9. The van der Waals surface area contributed by atoms with E-state index in [1.807, 2.05) is 14.0 Å². The Balaban J connectivity index is 0.00000361. The van der Waals surface area contributed by atoms with Gasteiger partial charge in [-0.25, -0.2) is 13.1 Å². The molecule has 0 aromatic heterocycles. The van der Waals surface area contributed by atoms with E-state index in [2.05, 4.69) is 15.4 Å². The van der Waals surface area contributed by atoms with Gasteiger partial charge in [0.15, 0.2) is 0 Å². The number of nitrogens with one attached hydrogen (secondary N) is 3. The Kier molecular flexibility index (Phi) is 8.65. The van der Waals surface area contributed by atoms with Crippen molar-refractivity contribution in [2.75, 3.05) is 26.4 Å². The fraction of sp³-hybridized carbons (Fsp3) is 0.917. The molecule has 120 valence electrons. The lowest BCUT2D eigenvalue weighted by atomic mass is 10.0. The van der Waals surface area contributed by atoms with E-state index in [9.17, 15) is 13.2 Å². The molecule has 20 heavy (non-hydrogen) atoms. The van der Waals surface area contributed by atoms with Gasteiger partial charge in [0.1, 0.15) is 0 Å². The largest absolute Gasteiger partial charge is 0.355 e. The van der Waals surface area contributed by atoms with Crippen molar-refractivity contribution in [2.45, 2.75) is 32.2 Å². The van der Waals surface area contributed by atoms with Crippen LogP contribution in [0, 0.1) is 11.8 Å². The lowest BCUT2D eigenvalue weighted by Gasteiger charge is -2.21. The molecule has 3 N–H and O–H groups in total. The fourth-order valence-electron chi connectivity index (χ4n) is 2.52. The second-order valence-electron chi connectivity index (χ2n) is 5.39. The summed E-state index contributed by atoms with van der Waals surface area (Å²) in [6.07, 6.45) is 3.98. The zero-order valence-corrected chi connectivity index (χ0v) is 13.9. The maximum absolute atomic E-state index is 11.8. The Morgan fingerprint density at radius 2 is 2.00 bits per heavy atom. The Morgan fingerprint density at radius 1 is 1.35 bits per heavy atom. The van der Waals surface area contributed by atoms with Gasteiger partial charge in [-0.1, -0.05) is 13.3 Å². The zero-order chi connectivity index (χ0) is 14.5. The van der Waals surface area contributed by atoms with Crippen molar-refractivity contribution in [3.63, 3.8) is 0 Å². The molecule has 1 aliphatic rings. The summed E-state index contributed by atoms with van der Waals surface area (Å²) < 4.78 is 25.2. The predicted molar refractivity (Wildman–Crippen MR) is 82.5 cm³/mol. The van der Waals surface area contributed by atoms with Crippen molar-refractivity contribution in [1.29, 1.82) is 0 Å². The van der Waals surface area contributed by atoms with Crippen LogP contribution in [0.25, 0.3) is 0 Å². The number of hydrogen-bond donors (Lipinski definition) is 3. The molecule has 0 bridgehead atoms. The van der Waals surface area contributed by atoms with Crippen LogP contribution in [0.2, 0.25) is 0 Å². The van der Waals surface area contributed by atoms with Gasteiger partial charge < -0.3 is 10.6 Å². The van der Waals surface area contributed by atoms with Crippen LogP contribution in [0.3, 0.4) is 0 Å². The van der Waals surface area contributed by atoms with Gasteiger partial charge >= 0.3 is 0 Å². The molecule has 0 aromatic rings. The quantitative estimate of drug-likeness (QED) is 0.619. The summed E-state index contributed by atoms with van der Waals surface area (Å²) in [5.74, 6) is 0.132. The van der Waals surface area contributed by atoms with Gasteiger partial charge in [0.25, 0.3) is 0 Å². The van der Waals surface area contributed by atoms with Crippen LogP contribution in [0.4, 0.5) is 0 Å². The molecule has 0 aromatic carbocycles. The number of carbonyl (C=O) groups excluding carboxylic acids is 1. The highest BCUT2D eigenvalue weighted by atomic mass is 35.5. The number of halogens is 1. The maximum Gasteiger partial charge on any atom is 0.224 e. The Hall–Kier alpha value is -0.370.